The zero-order valence-electron chi connectivity index (χ0n) is 11.1. The quantitative estimate of drug-likeness (QED) is 0.923. The second kappa shape index (κ2) is 5.51. The number of para-hydroxylation sites is 1. The number of carbonyl (C=O) groups is 1. The van der Waals surface area contributed by atoms with Gasteiger partial charge in [-0.3, -0.25) is 9.69 Å². The van der Waals surface area contributed by atoms with E-state index in [-0.39, 0.29) is 0 Å². The van der Waals surface area contributed by atoms with Gasteiger partial charge >= 0.3 is 5.97 Å². The SMILES string of the molecule is COc1c(Br)cccc1CN1CCC(C)(C(=O)O)C1. The molecule has 4 nitrogen and oxygen atoms in total. The summed E-state index contributed by atoms with van der Waals surface area (Å²) >= 11 is 3.46. The van der Waals surface area contributed by atoms with E-state index in [0.29, 0.717) is 19.5 Å². The molecule has 0 amide bonds. The minimum Gasteiger partial charge on any atom is -0.495 e. The van der Waals surface area contributed by atoms with E-state index in [1.807, 2.05) is 25.1 Å². The van der Waals surface area contributed by atoms with Crippen LogP contribution in [0.3, 0.4) is 0 Å². The van der Waals surface area contributed by atoms with Gasteiger partial charge in [0.15, 0.2) is 0 Å². The fraction of sp³-hybridized carbons (Fsp3) is 0.500. The average molecular weight is 328 g/mol. The maximum atomic E-state index is 11.2. The summed E-state index contributed by atoms with van der Waals surface area (Å²) in [5.74, 6) is 0.114. The van der Waals surface area contributed by atoms with E-state index in [9.17, 15) is 9.90 Å². The lowest BCUT2D eigenvalue weighted by Crippen LogP contribution is -2.31. The van der Waals surface area contributed by atoms with Crippen molar-refractivity contribution in [3.05, 3.63) is 28.2 Å². The fourth-order valence-corrected chi connectivity index (χ4v) is 3.08. The summed E-state index contributed by atoms with van der Waals surface area (Å²) in [6, 6.07) is 5.92. The number of hydrogen-bond donors (Lipinski definition) is 1. The van der Waals surface area contributed by atoms with Crippen molar-refractivity contribution in [2.24, 2.45) is 5.41 Å². The van der Waals surface area contributed by atoms with Crippen LogP contribution in [0.4, 0.5) is 0 Å². The predicted molar refractivity (Wildman–Crippen MR) is 76.3 cm³/mol. The highest BCUT2D eigenvalue weighted by Crippen LogP contribution is 2.34. The highest BCUT2D eigenvalue weighted by molar-refractivity contribution is 9.10. The third-order valence-corrected chi connectivity index (χ3v) is 4.34. The Morgan fingerprint density at radius 1 is 1.58 bits per heavy atom. The van der Waals surface area contributed by atoms with Crippen LogP contribution in [-0.2, 0) is 11.3 Å². The van der Waals surface area contributed by atoms with Crippen LogP contribution in [0.25, 0.3) is 0 Å². The third kappa shape index (κ3) is 2.92. The van der Waals surface area contributed by atoms with Gasteiger partial charge in [-0.1, -0.05) is 12.1 Å². The lowest BCUT2D eigenvalue weighted by Gasteiger charge is -2.21. The molecule has 0 aliphatic carbocycles. The molecule has 1 aliphatic heterocycles. The van der Waals surface area contributed by atoms with Gasteiger partial charge in [0.05, 0.1) is 17.0 Å². The van der Waals surface area contributed by atoms with Gasteiger partial charge in [-0.15, -0.1) is 0 Å². The Balaban J connectivity index is 2.12. The molecular formula is C14H18BrNO3. The van der Waals surface area contributed by atoms with E-state index in [2.05, 4.69) is 20.8 Å². The predicted octanol–water partition coefficient (Wildman–Crippen LogP) is 2.75. The van der Waals surface area contributed by atoms with Crippen molar-refractivity contribution in [1.29, 1.82) is 0 Å². The van der Waals surface area contributed by atoms with E-state index in [1.54, 1.807) is 7.11 Å². The summed E-state index contributed by atoms with van der Waals surface area (Å²) in [6.07, 6.45) is 0.693. The average Bonchev–Trinajstić information content (AvgIpc) is 2.73. The first-order chi connectivity index (χ1) is 8.96. The zero-order valence-corrected chi connectivity index (χ0v) is 12.7. The molecule has 1 saturated heterocycles. The molecule has 1 atom stereocenters. The van der Waals surface area contributed by atoms with Crippen molar-refractivity contribution in [3.63, 3.8) is 0 Å². The van der Waals surface area contributed by atoms with Gasteiger partial charge in [-0.05, 0) is 41.9 Å². The number of carboxylic acid groups (broad SMARTS) is 1. The molecule has 1 aromatic rings. The normalized spacial score (nSPS) is 23.5. The molecule has 5 heteroatoms. The molecule has 19 heavy (non-hydrogen) atoms. The first kappa shape index (κ1) is 14.3. The fourth-order valence-electron chi connectivity index (χ4n) is 2.51. The molecule has 104 valence electrons. The van der Waals surface area contributed by atoms with Crippen LogP contribution < -0.4 is 4.74 Å². The molecule has 2 rings (SSSR count). The zero-order chi connectivity index (χ0) is 14.0. The van der Waals surface area contributed by atoms with Gasteiger partial charge in [0.25, 0.3) is 0 Å². The molecule has 0 saturated carbocycles. The van der Waals surface area contributed by atoms with E-state index < -0.39 is 11.4 Å². The number of halogens is 1. The number of aliphatic carboxylic acids is 1. The van der Waals surface area contributed by atoms with Gasteiger partial charge in [-0.2, -0.15) is 0 Å². The molecule has 0 radical (unpaired) electrons. The first-order valence-corrected chi connectivity index (χ1v) is 7.03. The van der Waals surface area contributed by atoms with Crippen LogP contribution in [0.5, 0.6) is 5.75 Å². The van der Waals surface area contributed by atoms with E-state index in [0.717, 1.165) is 22.3 Å². The Morgan fingerprint density at radius 2 is 2.32 bits per heavy atom. The summed E-state index contributed by atoms with van der Waals surface area (Å²) in [5, 5.41) is 9.24. The Hall–Kier alpha value is -1.07. The molecule has 1 aromatic carbocycles. The standard InChI is InChI=1S/C14H18BrNO3/c1-14(13(17)18)6-7-16(9-14)8-10-4-3-5-11(15)12(10)19-2/h3-5H,6-9H2,1-2H3,(H,17,18). The number of nitrogens with zero attached hydrogens (tertiary/aromatic N) is 1. The van der Waals surface area contributed by atoms with Gasteiger partial charge in [0.1, 0.15) is 5.75 Å². The summed E-state index contributed by atoms with van der Waals surface area (Å²) in [6.45, 7) is 3.91. The second-order valence-corrected chi connectivity index (χ2v) is 6.11. The molecule has 1 aliphatic rings. The summed E-state index contributed by atoms with van der Waals surface area (Å²) in [5.41, 5.74) is 0.450. The minimum absolute atomic E-state index is 0.581. The lowest BCUT2D eigenvalue weighted by atomic mass is 9.90. The van der Waals surface area contributed by atoms with Crippen LogP contribution in [0.15, 0.2) is 22.7 Å². The van der Waals surface area contributed by atoms with Crippen molar-refractivity contribution < 1.29 is 14.6 Å². The molecule has 0 aromatic heterocycles. The van der Waals surface area contributed by atoms with Crippen molar-refractivity contribution in [2.75, 3.05) is 20.2 Å². The smallest absolute Gasteiger partial charge is 0.310 e. The minimum atomic E-state index is -0.712. The van der Waals surface area contributed by atoms with E-state index >= 15 is 0 Å². The van der Waals surface area contributed by atoms with Crippen LogP contribution >= 0.6 is 15.9 Å². The number of carboxylic acids is 1. The second-order valence-electron chi connectivity index (χ2n) is 5.26. The topological polar surface area (TPSA) is 49.8 Å². The maximum Gasteiger partial charge on any atom is 0.310 e. The molecule has 0 spiro atoms. The maximum absolute atomic E-state index is 11.2. The molecule has 1 unspecified atom stereocenters. The lowest BCUT2D eigenvalue weighted by molar-refractivity contribution is -0.147. The van der Waals surface area contributed by atoms with Gasteiger partial charge in [-0.25, -0.2) is 0 Å². The number of methoxy groups -OCH3 is 1. The highest BCUT2D eigenvalue weighted by atomic mass is 79.9. The summed E-state index contributed by atoms with van der Waals surface area (Å²) < 4.78 is 6.32. The number of likely N-dealkylation sites (tertiary alicyclic amines) is 1. The Bertz CT molecular complexity index is 492. The van der Waals surface area contributed by atoms with Crippen LogP contribution in [0.2, 0.25) is 0 Å². The Kier molecular flexibility index (Phi) is 4.16. The number of benzene rings is 1. The van der Waals surface area contributed by atoms with Crippen LogP contribution in [0, 0.1) is 5.41 Å². The third-order valence-electron chi connectivity index (χ3n) is 3.72. The summed E-state index contributed by atoms with van der Waals surface area (Å²) in [7, 11) is 1.65. The van der Waals surface area contributed by atoms with E-state index in [1.165, 1.54) is 0 Å². The molecule has 1 N–H and O–H groups in total. The monoisotopic (exact) mass is 327 g/mol. The molecule has 1 heterocycles. The van der Waals surface area contributed by atoms with Gasteiger partial charge < -0.3 is 9.84 Å². The molecular weight excluding hydrogens is 310 g/mol. The Labute approximate surface area is 121 Å². The van der Waals surface area contributed by atoms with Crippen LogP contribution in [-0.4, -0.2) is 36.2 Å². The summed E-state index contributed by atoms with van der Waals surface area (Å²) in [4.78, 5) is 13.4. The highest BCUT2D eigenvalue weighted by Gasteiger charge is 2.40. The number of hydrogen-bond acceptors (Lipinski definition) is 3. The van der Waals surface area contributed by atoms with Crippen LogP contribution in [0.1, 0.15) is 18.9 Å². The Morgan fingerprint density at radius 3 is 2.89 bits per heavy atom. The first-order valence-electron chi connectivity index (χ1n) is 6.23. The van der Waals surface area contributed by atoms with Crippen molar-refractivity contribution in [2.45, 2.75) is 19.9 Å². The molecule has 0 bridgehead atoms. The molecule has 1 fully saturated rings. The van der Waals surface area contributed by atoms with Crippen molar-refractivity contribution in [1.82, 2.24) is 4.90 Å². The number of rotatable bonds is 4. The van der Waals surface area contributed by atoms with E-state index in [4.69, 9.17) is 4.74 Å². The largest absolute Gasteiger partial charge is 0.495 e. The van der Waals surface area contributed by atoms with Crippen molar-refractivity contribution >= 4 is 21.9 Å². The van der Waals surface area contributed by atoms with Gasteiger partial charge in [0, 0.05) is 18.7 Å². The van der Waals surface area contributed by atoms with Gasteiger partial charge in [0.2, 0.25) is 0 Å². The van der Waals surface area contributed by atoms with Crippen molar-refractivity contribution in [3.8, 4) is 5.75 Å². The number of ether oxygens (including phenoxy) is 1.